The van der Waals surface area contributed by atoms with Gasteiger partial charge in [-0.3, -0.25) is 9.48 Å². The number of carbonyl (C=O) groups excluding carboxylic acids is 1. The van der Waals surface area contributed by atoms with Gasteiger partial charge in [-0.15, -0.1) is 15.3 Å². The molecule has 1 aliphatic heterocycles. The lowest BCUT2D eigenvalue weighted by Gasteiger charge is -2.44. The Kier molecular flexibility index (Phi) is 4.19. The quantitative estimate of drug-likeness (QED) is 0.512. The first kappa shape index (κ1) is 18.2. The van der Waals surface area contributed by atoms with Crippen LogP contribution in [0.3, 0.4) is 0 Å². The van der Waals surface area contributed by atoms with E-state index in [1.807, 2.05) is 12.1 Å². The normalized spacial score (nSPS) is 14.2. The van der Waals surface area contributed by atoms with E-state index >= 15 is 0 Å². The molecule has 1 fully saturated rings. The Hall–Kier alpha value is -3.82. The lowest BCUT2D eigenvalue weighted by molar-refractivity contribution is 0.0698. The maximum absolute atomic E-state index is 13.6. The van der Waals surface area contributed by atoms with E-state index in [9.17, 15) is 9.18 Å². The Morgan fingerprint density at radius 3 is 2.70 bits per heavy atom. The molecule has 4 aromatic rings. The summed E-state index contributed by atoms with van der Waals surface area (Å²) in [5, 5.41) is 17.1. The highest BCUT2D eigenvalue weighted by atomic mass is 19.1. The summed E-state index contributed by atoms with van der Waals surface area (Å²) in [6, 6.07) is 11.7. The van der Waals surface area contributed by atoms with Crippen LogP contribution >= 0.6 is 0 Å². The van der Waals surface area contributed by atoms with Crippen molar-refractivity contribution in [2.24, 2.45) is 7.05 Å². The van der Waals surface area contributed by atoms with Crippen molar-refractivity contribution in [3.63, 3.8) is 0 Å². The molecule has 30 heavy (non-hydrogen) atoms. The van der Waals surface area contributed by atoms with Gasteiger partial charge in [0.15, 0.2) is 11.5 Å². The minimum absolute atomic E-state index is 0.0700. The summed E-state index contributed by atoms with van der Waals surface area (Å²) in [6.07, 6.45) is 1.75. The van der Waals surface area contributed by atoms with Crippen LogP contribution in [0.5, 0.6) is 0 Å². The molecule has 9 nitrogen and oxygen atoms in total. The van der Waals surface area contributed by atoms with Crippen molar-refractivity contribution >= 4 is 17.4 Å². The van der Waals surface area contributed by atoms with Crippen molar-refractivity contribution < 1.29 is 9.18 Å². The highest BCUT2D eigenvalue weighted by Gasteiger charge is 2.34. The Bertz CT molecular complexity index is 1240. The molecule has 0 spiro atoms. The number of aryl methyl sites for hydroxylation is 1. The van der Waals surface area contributed by atoms with Crippen LogP contribution in [0.25, 0.3) is 17.0 Å². The van der Waals surface area contributed by atoms with Gasteiger partial charge in [0.1, 0.15) is 17.3 Å². The topological polar surface area (TPSA) is 84.5 Å². The van der Waals surface area contributed by atoms with Crippen molar-refractivity contribution in [1.29, 1.82) is 0 Å². The lowest BCUT2D eigenvalue weighted by Crippen LogP contribution is -2.60. The summed E-state index contributed by atoms with van der Waals surface area (Å²) < 4.78 is 16.8. The number of nitrogens with zero attached hydrogens (tertiary/aromatic N) is 8. The fourth-order valence-corrected chi connectivity index (χ4v) is 3.52. The standard InChI is InChI=1S/C20H19FN8O/c1-26-9-8-16(24-26)20(30)27(2)15-11-28(12-15)18-7-6-17-22-23-19(29(17)25-18)13-4-3-5-14(21)10-13/h3-10,15H,11-12H2,1-2H3. The number of likely N-dealkylation sites (N-methyl/N-ethyl adjacent to an activating group) is 1. The molecule has 1 amide bonds. The molecular formula is C20H19FN8O. The lowest BCUT2D eigenvalue weighted by atomic mass is 10.1. The molecule has 1 aromatic carbocycles. The average Bonchev–Trinajstić information content (AvgIpc) is 3.32. The zero-order chi connectivity index (χ0) is 20.8. The van der Waals surface area contributed by atoms with Gasteiger partial charge in [0.25, 0.3) is 5.91 Å². The van der Waals surface area contributed by atoms with Crippen molar-refractivity contribution in [3.05, 3.63) is 60.2 Å². The molecule has 0 bridgehead atoms. The van der Waals surface area contributed by atoms with Crippen molar-refractivity contribution in [1.82, 2.24) is 34.5 Å². The fraction of sp³-hybridized carbons (Fsp3) is 0.250. The van der Waals surface area contributed by atoms with Crippen molar-refractivity contribution in [2.75, 3.05) is 25.0 Å². The summed E-state index contributed by atoms with van der Waals surface area (Å²) >= 11 is 0. The first-order chi connectivity index (χ1) is 14.5. The molecule has 0 saturated carbocycles. The summed E-state index contributed by atoms with van der Waals surface area (Å²) in [4.78, 5) is 16.4. The fourth-order valence-electron chi connectivity index (χ4n) is 3.52. The third-order valence-electron chi connectivity index (χ3n) is 5.32. The number of hydrogen-bond donors (Lipinski definition) is 0. The summed E-state index contributed by atoms with van der Waals surface area (Å²) in [7, 11) is 3.57. The van der Waals surface area contributed by atoms with Crippen LogP contribution in [-0.4, -0.2) is 66.6 Å². The van der Waals surface area contributed by atoms with Gasteiger partial charge in [-0.2, -0.15) is 9.61 Å². The predicted molar refractivity (Wildman–Crippen MR) is 107 cm³/mol. The molecule has 0 radical (unpaired) electrons. The smallest absolute Gasteiger partial charge is 0.274 e. The zero-order valence-electron chi connectivity index (χ0n) is 16.5. The number of carbonyl (C=O) groups is 1. The van der Waals surface area contributed by atoms with Crippen LogP contribution in [-0.2, 0) is 7.05 Å². The Morgan fingerprint density at radius 2 is 1.97 bits per heavy atom. The number of aromatic nitrogens is 6. The molecular weight excluding hydrogens is 387 g/mol. The summed E-state index contributed by atoms with van der Waals surface area (Å²) in [5.74, 6) is 0.781. The van der Waals surface area contributed by atoms with Crippen LogP contribution in [0.2, 0.25) is 0 Å². The SMILES string of the molecule is CN(C(=O)c1ccn(C)n1)C1CN(c2ccc3nnc(-c4cccc(F)c4)n3n2)C1. The van der Waals surface area contributed by atoms with Crippen LogP contribution in [0, 0.1) is 5.82 Å². The monoisotopic (exact) mass is 406 g/mol. The number of anilines is 1. The second-order valence-electron chi connectivity index (χ2n) is 7.35. The van der Waals surface area contributed by atoms with Gasteiger partial charge < -0.3 is 9.80 Å². The molecule has 0 unspecified atom stereocenters. The van der Waals surface area contributed by atoms with Crippen LogP contribution in [0.1, 0.15) is 10.5 Å². The third-order valence-corrected chi connectivity index (χ3v) is 5.32. The Morgan fingerprint density at radius 1 is 1.13 bits per heavy atom. The molecule has 152 valence electrons. The van der Waals surface area contributed by atoms with E-state index in [2.05, 4.69) is 25.3 Å². The van der Waals surface area contributed by atoms with Crippen molar-refractivity contribution in [2.45, 2.75) is 6.04 Å². The van der Waals surface area contributed by atoms with Crippen LogP contribution in [0.15, 0.2) is 48.7 Å². The number of benzene rings is 1. The molecule has 10 heteroatoms. The number of halogens is 1. The Balaban J connectivity index is 1.34. The van der Waals surface area contributed by atoms with Gasteiger partial charge in [0, 0.05) is 38.9 Å². The van der Waals surface area contributed by atoms with Gasteiger partial charge in [-0.1, -0.05) is 12.1 Å². The van der Waals surface area contributed by atoms with E-state index in [1.54, 1.807) is 52.6 Å². The molecule has 5 rings (SSSR count). The predicted octanol–water partition coefficient (Wildman–Crippen LogP) is 1.62. The van der Waals surface area contributed by atoms with E-state index in [0.717, 1.165) is 5.82 Å². The molecule has 3 aromatic heterocycles. The van der Waals surface area contributed by atoms with Crippen molar-refractivity contribution in [3.8, 4) is 11.4 Å². The summed E-state index contributed by atoms with van der Waals surface area (Å²) in [5.41, 5.74) is 1.62. The van der Waals surface area contributed by atoms with Gasteiger partial charge in [0.2, 0.25) is 0 Å². The second kappa shape index (κ2) is 6.90. The maximum Gasteiger partial charge on any atom is 0.274 e. The second-order valence-corrected chi connectivity index (χ2v) is 7.35. The van der Waals surface area contributed by atoms with E-state index < -0.39 is 0 Å². The van der Waals surface area contributed by atoms with E-state index in [1.165, 1.54) is 12.1 Å². The van der Waals surface area contributed by atoms with E-state index in [4.69, 9.17) is 0 Å². The molecule has 1 saturated heterocycles. The highest BCUT2D eigenvalue weighted by molar-refractivity contribution is 5.92. The number of fused-ring (bicyclic) bond motifs is 1. The van der Waals surface area contributed by atoms with Gasteiger partial charge >= 0.3 is 0 Å². The largest absolute Gasteiger partial charge is 0.351 e. The molecule has 4 heterocycles. The Labute approximate surface area is 171 Å². The molecule has 0 atom stereocenters. The van der Waals surface area contributed by atoms with Crippen LogP contribution < -0.4 is 4.90 Å². The average molecular weight is 406 g/mol. The number of amides is 1. The molecule has 1 aliphatic rings. The van der Waals surface area contributed by atoms with Gasteiger partial charge in [-0.05, 0) is 30.3 Å². The minimum atomic E-state index is -0.341. The highest BCUT2D eigenvalue weighted by Crippen LogP contribution is 2.24. The van der Waals surface area contributed by atoms with Gasteiger partial charge in [-0.25, -0.2) is 4.39 Å². The zero-order valence-corrected chi connectivity index (χ0v) is 16.5. The molecule has 0 N–H and O–H groups in total. The maximum atomic E-state index is 13.6. The third kappa shape index (κ3) is 3.06. The van der Waals surface area contributed by atoms with Gasteiger partial charge in [0.05, 0.1) is 6.04 Å². The summed E-state index contributed by atoms with van der Waals surface area (Å²) in [6.45, 7) is 1.32. The first-order valence-electron chi connectivity index (χ1n) is 9.50. The number of hydrogen-bond acceptors (Lipinski definition) is 6. The first-order valence-corrected chi connectivity index (χ1v) is 9.50. The minimum Gasteiger partial charge on any atom is -0.351 e. The van der Waals surface area contributed by atoms with E-state index in [0.29, 0.717) is 35.8 Å². The van der Waals surface area contributed by atoms with E-state index in [-0.39, 0.29) is 17.8 Å². The van der Waals surface area contributed by atoms with Crippen LogP contribution in [0.4, 0.5) is 10.2 Å². The molecule has 0 aliphatic carbocycles. The number of rotatable bonds is 4.